The van der Waals surface area contributed by atoms with Crippen LogP contribution in [0.2, 0.25) is 0 Å². The van der Waals surface area contributed by atoms with Gasteiger partial charge in [0.05, 0.1) is 25.2 Å². The monoisotopic (exact) mass is 562 g/mol. The SMILES string of the molecule is O=C([O-])C=CC(=O)[O-].O=C([O-])CC(=O)[O-].O=C([O-])CCC(=O)[O-].OCC(O)CO.[Na+].[Na+].[Na+].[Na+].[Na+].[Na+]. The fourth-order valence-electron chi connectivity index (χ4n) is 0.516. The Balaban J connectivity index is -0.0000000283. The van der Waals surface area contributed by atoms with Crippen LogP contribution in [-0.4, -0.2) is 70.5 Å². The second-order valence-corrected chi connectivity index (χ2v) is 4.16. The van der Waals surface area contributed by atoms with E-state index in [1.165, 1.54) is 0 Å². The predicted molar refractivity (Wildman–Crippen MR) is 73.2 cm³/mol. The Hall–Kier alpha value is 2.44. The molecule has 21 heteroatoms. The first-order valence-electron chi connectivity index (χ1n) is 6.98. The zero-order chi connectivity index (χ0) is 24.0. The number of rotatable bonds is 9. The molecule has 0 aliphatic carbocycles. The van der Waals surface area contributed by atoms with Crippen molar-refractivity contribution in [3.05, 3.63) is 12.2 Å². The second-order valence-electron chi connectivity index (χ2n) is 4.16. The van der Waals surface area contributed by atoms with Gasteiger partial charge in [0.1, 0.15) is 6.10 Å². The van der Waals surface area contributed by atoms with E-state index in [1.54, 1.807) is 0 Å². The molecular weight excluding hydrogens is 546 g/mol. The number of carboxylic acid groups (broad SMARTS) is 6. The Morgan fingerprint density at radius 3 is 0.829 bits per heavy atom. The van der Waals surface area contributed by atoms with Crippen LogP contribution in [0.5, 0.6) is 0 Å². The van der Waals surface area contributed by atoms with E-state index in [1.807, 2.05) is 0 Å². The number of aliphatic carboxylic acids is 6. The van der Waals surface area contributed by atoms with Gasteiger partial charge in [0, 0.05) is 30.3 Å². The van der Waals surface area contributed by atoms with E-state index in [-0.39, 0.29) is 191 Å². The zero-order valence-electron chi connectivity index (χ0n) is 20.5. The van der Waals surface area contributed by atoms with Crippen LogP contribution in [0.1, 0.15) is 19.3 Å². The molecule has 0 aromatic rings. The summed E-state index contributed by atoms with van der Waals surface area (Å²) in [4.78, 5) is 56.4. The number of carbonyl (C=O) groups excluding carboxylic acids is 6. The van der Waals surface area contributed by atoms with Crippen LogP contribution in [0.3, 0.4) is 0 Å². The summed E-state index contributed by atoms with van der Waals surface area (Å²) < 4.78 is 0. The molecule has 3 N–H and O–H groups in total. The van der Waals surface area contributed by atoms with E-state index >= 15 is 0 Å². The van der Waals surface area contributed by atoms with Gasteiger partial charge in [-0.3, -0.25) is 0 Å². The van der Waals surface area contributed by atoms with Crippen LogP contribution >= 0.6 is 0 Å². The van der Waals surface area contributed by atoms with Gasteiger partial charge in [0.15, 0.2) is 0 Å². The fraction of sp³-hybridized carbons (Fsp3) is 0.429. The smallest absolute Gasteiger partial charge is 0.550 e. The molecule has 35 heavy (non-hydrogen) atoms. The van der Waals surface area contributed by atoms with Crippen molar-refractivity contribution in [3.63, 3.8) is 0 Å². The van der Waals surface area contributed by atoms with Gasteiger partial charge in [-0.1, -0.05) is 0 Å². The number of aliphatic hydroxyl groups is 3. The van der Waals surface area contributed by atoms with Gasteiger partial charge in [0.25, 0.3) is 0 Å². The van der Waals surface area contributed by atoms with Gasteiger partial charge in [-0.25, -0.2) is 0 Å². The maximum atomic E-state index is 9.50. The van der Waals surface area contributed by atoms with Gasteiger partial charge < -0.3 is 74.7 Å². The summed E-state index contributed by atoms with van der Waals surface area (Å²) in [5.41, 5.74) is 0. The summed E-state index contributed by atoms with van der Waals surface area (Å²) in [5, 5.41) is 80.4. The van der Waals surface area contributed by atoms with E-state index in [0.29, 0.717) is 12.2 Å². The first-order valence-corrected chi connectivity index (χ1v) is 6.98. The summed E-state index contributed by atoms with van der Waals surface area (Å²) in [6.45, 7) is -0.729. The van der Waals surface area contributed by atoms with Crippen LogP contribution < -0.4 is 208 Å². The Morgan fingerprint density at radius 2 is 0.771 bits per heavy atom. The molecule has 0 amide bonds. The van der Waals surface area contributed by atoms with E-state index in [9.17, 15) is 59.4 Å². The normalized spacial score (nSPS) is 7.43. The number of hydrogen-bond donors (Lipinski definition) is 3. The van der Waals surface area contributed by atoms with Gasteiger partial charge >= 0.3 is 177 Å². The predicted octanol–water partition coefficient (Wildman–Crippen LogP) is -28.5. The molecule has 0 aliphatic heterocycles. The molecule has 0 radical (unpaired) electrons. The first-order chi connectivity index (χ1) is 13.2. The average Bonchev–Trinajstić information content (AvgIpc) is 2.58. The number of hydrogen-bond acceptors (Lipinski definition) is 15. The number of aliphatic hydroxyl groups excluding tert-OH is 3. The third kappa shape index (κ3) is 103. The summed E-state index contributed by atoms with van der Waals surface area (Å²) in [5.74, 6) is -9.08. The van der Waals surface area contributed by atoms with Crippen molar-refractivity contribution >= 4 is 35.8 Å². The molecule has 0 saturated carbocycles. The van der Waals surface area contributed by atoms with Crippen molar-refractivity contribution in [2.75, 3.05) is 13.2 Å². The molecule has 0 atom stereocenters. The van der Waals surface area contributed by atoms with Gasteiger partial charge in [-0.2, -0.15) is 0 Å². The largest absolute Gasteiger partial charge is 1.00 e. The molecule has 0 saturated heterocycles. The van der Waals surface area contributed by atoms with Crippen LogP contribution in [0, 0.1) is 0 Å². The zero-order valence-corrected chi connectivity index (χ0v) is 32.5. The molecule has 0 unspecified atom stereocenters. The van der Waals surface area contributed by atoms with Crippen molar-refractivity contribution < 1.29 is 252 Å². The Morgan fingerprint density at radius 1 is 0.543 bits per heavy atom. The minimum atomic E-state index is -1.63. The van der Waals surface area contributed by atoms with Crippen LogP contribution in [0.25, 0.3) is 0 Å². The second kappa shape index (κ2) is 49.4. The van der Waals surface area contributed by atoms with E-state index in [4.69, 9.17) is 15.3 Å². The average molecular weight is 562 g/mol. The van der Waals surface area contributed by atoms with Gasteiger partial charge in [0.2, 0.25) is 0 Å². The maximum absolute atomic E-state index is 9.50. The minimum absolute atomic E-state index is 0. The van der Waals surface area contributed by atoms with Crippen molar-refractivity contribution in [2.45, 2.75) is 25.4 Å². The standard InChI is InChI=1S/C4H6O4.C4H4O4.C3H4O4.C3H8O3.6Na/c2*5-3(6)1-2-4(7)8;4-2(5)1-3(6)7;4-1-3(6)2-5;;;;;;/h1-2H2,(H,5,6)(H,7,8);1-2H,(H,5,6)(H,7,8);1H2,(H,4,5)(H,6,7);3-6H,1-2H2;;;;;;/q;;;;6*+1/p-6. The van der Waals surface area contributed by atoms with Crippen molar-refractivity contribution in [1.29, 1.82) is 0 Å². The van der Waals surface area contributed by atoms with Gasteiger partial charge in [-0.15, -0.1) is 0 Å². The molecule has 0 rings (SSSR count). The molecule has 0 bridgehead atoms. The molecular formula is C14H16Na6O15. The third-order valence-corrected chi connectivity index (χ3v) is 1.60. The van der Waals surface area contributed by atoms with Crippen LogP contribution in [0.15, 0.2) is 12.2 Å². The number of carbonyl (C=O) groups is 6. The molecule has 15 nitrogen and oxygen atoms in total. The van der Waals surface area contributed by atoms with E-state index < -0.39 is 61.2 Å². The number of carboxylic acids is 6. The topological polar surface area (TPSA) is 301 Å². The Bertz CT molecular complexity index is 528. The summed E-state index contributed by atoms with van der Waals surface area (Å²) >= 11 is 0. The first kappa shape index (κ1) is 66.0. The van der Waals surface area contributed by atoms with E-state index in [2.05, 4.69) is 0 Å². The van der Waals surface area contributed by atoms with E-state index in [0.717, 1.165) is 0 Å². The Kier molecular flexibility index (Phi) is 93.2. The molecule has 0 aliphatic rings. The molecule has 0 fully saturated rings. The van der Waals surface area contributed by atoms with Crippen molar-refractivity contribution in [2.24, 2.45) is 0 Å². The molecule has 0 aromatic heterocycles. The third-order valence-electron chi connectivity index (χ3n) is 1.60. The van der Waals surface area contributed by atoms with Crippen LogP contribution in [-0.2, 0) is 28.8 Å². The quantitative estimate of drug-likeness (QED) is 0.133. The fourth-order valence-corrected chi connectivity index (χ4v) is 0.516. The summed E-state index contributed by atoms with van der Waals surface area (Å²) in [7, 11) is 0. The minimum Gasteiger partial charge on any atom is -0.550 e. The summed E-state index contributed by atoms with van der Waals surface area (Å²) in [6, 6.07) is 0. The van der Waals surface area contributed by atoms with Crippen LogP contribution in [0.4, 0.5) is 0 Å². The van der Waals surface area contributed by atoms with Crippen molar-refractivity contribution in [3.8, 4) is 0 Å². The maximum Gasteiger partial charge on any atom is 1.00 e. The van der Waals surface area contributed by atoms with Crippen molar-refractivity contribution in [1.82, 2.24) is 0 Å². The molecule has 0 heterocycles. The molecule has 0 aromatic carbocycles. The molecule has 168 valence electrons. The summed E-state index contributed by atoms with van der Waals surface area (Å²) in [6.07, 6.45) is -2.15. The van der Waals surface area contributed by atoms with Gasteiger partial charge in [-0.05, 0) is 25.0 Å². The Labute approximate surface area is 332 Å². The molecule has 0 spiro atoms.